The molecule has 0 saturated carbocycles. The zero-order valence-corrected chi connectivity index (χ0v) is 27.1. The van der Waals surface area contributed by atoms with Crippen LogP contribution in [0.1, 0.15) is 56.7 Å². The van der Waals surface area contributed by atoms with Crippen molar-refractivity contribution in [2.45, 2.75) is 59.4 Å². The Hall–Kier alpha value is -5.54. The minimum Gasteiger partial charge on any atom is -0.457 e. The van der Waals surface area contributed by atoms with Crippen LogP contribution in [-0.2, 0) is 23.0 Å². The minimum absolute atomic E-state index is 0.161. The molecule has 2 unspecified atom stereocenters. The molecule has 0 fully saturated rings. The van der Waals surface area contributed by atoms with Crippen molar-refractivity contribution in [3.8, 4) is 35.1 Å². The number of halogens is 12. The van der Waals surface area contributed by atoms with E-state index in [1.54, 1.807) is 12.1 Å². The molecule has 0 amide bonds. The number of aliphatic hydroxyl groups is 4. The lowest BCUT2D eigenvalue weighted by atomic mass is 9.93. The van der Waals surface area contributed by atoms with Crippen molar-refractivity contribution in [3.63, 3.8) is 0 Å². The van der Waals surface area contributed by atoms with Crippen LogP contribution in [0.15, 0.2) is 60.7 Å². The number of benzene rings is 4. The molecule has 4 N–H and O–H groups in total. The van der Waals surface area contributed by atoms with Crippen molar-refractivity contribution < 1.29 is 82.6 Å². The SMILES string of the molecule is N#Cc1cc(F)cc(Oc2ccc3c4c2C(O)[C@@H](F)[C@]4(O)C(F)(F)C3(F)F)c1.N#Cc1cc(F)cc(Oc2ccc3c4c2C(O)[C@H](F)[C@]4(O)C(F)(F)C3(F)F)c1. The quantitative estimate of drug-likeness (QED) is 0.154. The fourth-order valence-corrected chi connectivity index (χ4v) is 7.44. The molecular formula is C36H18F12N2O6. The third-order valence-electron chi connectivity index (χ3n) is 10.00. The zero-order valence-electron chi connectivity index (χ0n) is 27.1. The molecular weight excluding hydrogens is 784 g/mol. The Kier molecular flexibility index (Phi) is 8.28. The molecule has 0 bridgehead atoms. The van der Waals surface area contributed by atoms with Crippen LogP contribution in [0.2, 0.25) is 0 Å². The maximum Gasteiger partial charge on any atom is 0.349 e. The largest absolute Gasteiger partial charge is 0.457 e. The van der Waals surface area contributed by atoms with Crippen molar-refractivity contribution in [2.24, 2.45) is 0 Å². The van der Waals surface area contributed by atoms with Gasteiger partial charge < -0.3 is 29.9 Å². The van der Waals surface area contributed by atoms with Gasteiger partial charge in [-0.2, -0.15) is 45.6 Å². The third-order valence-corrected chi connectivity index (χ3v) is 10.00. The van der Waals surface area contributed by atoms with Gasteiger partial charge in [-0.1, -0.05) is 0 Å². The van der Waals surface area contributed by atoms with Crippen molar-refractivity contribution in [1.29, 1.82) is 10.5 Å². The molecule has 0 aliphatic heterocycles. The molecule has 0 spiro atoms. The summed E-state index contributed by atoms with van der Waals surface area (Å²) in [5, 5.41) is 58.2. The first kappa shape index (κ1) is 38.7. The summed E-state index contributed by atoms with van der Waals surface area (Å²) in [6.07, 6.45) is -11.1. The maximum absolute atomic E-state index is 14.5. The fourth-order valence-electron chi connectivity index (χ4n) is 7.44. The molecule has 4 aliphatic rings. The summed E-state index contributed by atoms with van der Waals surface area (Å²) in [5.41, 5.74) is -14.8. The molecule has 6 atom stereocenters. The van der Waals surface area contributed by atoms with E-state index in [-0.39, 0.29) is 22.6 Å². The first-order valence-corrected chi connectivity index (χ1v) is 15.7. The van der Waals surface area contributed by atoms with Gasteiger partial charge in [-0.05, 0) is 48.5 Å². The highest BCUT2D eigenvalue weighted by Crippen LogP contribution is 2.70. The molecule has 4 aliphatic carbocycles. The Morgan fingerprint density at radius 2 is 0.893 bits per heavy atom. The van der Waals surface area contributed by atoms with E-state index < -0.39 is 116 Å². The van der Waals surface area contributed by atoms with Crippen molar-refractivity contribution >= 4 is 0 Å². The monoisotopic (exact) mass is 802 g/mol. The summed E-state index contributed by atoms with van der Waals surface area (Å²) in [6.45, 7) is 0. The fraction of sp³-hybridized carbons (Fsp3) is 0.278. The first-order chi connectivity index (χ1) is 25.9. The van der Waals surface area contributed by atoms with Crippen LogP contribution in [0.25, 0.3) is 0 Å². The Morgan fingerprint density at radius 1 is 0.554 bits per heavy atom. The van der Waals surface area contributed by atoms with Crippen LogP contribution in [0.4, 0.5) is 52.7 Å². The van der Waals surface area contributed by atoms with Gasteiger partial charge in [0.2, 0.25) is 0 Å². The van der Waals surface area contributed by atoms with E-state index in [0.717, 1.165) is 48.5 Å². The van der Waals surface area contributed by atoms with Crippen LogP contribution in [0, 0.1) is 34.3 Å². The number of aliphatic hydroxyl groups excluding tert-OH is 2. The van der Waals surface area contributed by atoms with Gasteiger partial charge >= 0.3 is 23.7 Å². The van der Waals surface area contributed by atoms with Gasteiger partial charge in [0.1, 0.15) is 46.8 Å². The number of hydrogen-bond donors (Lipinski definition) is 4. The summed E-state index contributed by atoms with van der Waals surface area (Å²) in [5.74, 6) is -23.7. The highest BCUT2D eigenvalue weighted by molar-refractivity contribution is 5.63. The van der Waals surface area contributed by atoms with E-state index in [9.17, 15) is 73.1 Å². The van der Waals surface area contributed by atoms with Gasteiger partial charge in [0.05, 0.1) is 23.3 Å². The number of hydrogen-bond acceptors (Lipinski definition) is 8. The van der Waals surface area contributed by atoms with Crippen LogP contribution >= 0.6 is 0 Å². The number of ether oxygens (including phenoxy) is 2. The van der Waals surface area contributed by atoms with E-state index in [4.69, 9.17) is 20.0 Å². The van der Waals surface area contributed by atoms with Crippen molar-refractivity contribution in [3.05, 3.63) is 117 Å². The van der Waals surface area contributed by atoms with Gasteiger partial charge in [0, 0.05) is 45.5 Å². The van der Waals surface area contributed by atoms with Gasteiger partial charge in [0.25, 0.3) is 0 Å². The number of nitrogens with zero attached hydrogens (tertiary/aromatic N) is 2. The normalized spacial score (nSPS) is 28.7. The second-order valence-electron chi connectivity index (χ2n) is 13.1. The van der Waals surface area contributed by atoms with E-state index in [1.165, 1.54) is 0 Å². The first-order valence-electron chi connectivity index (χ1n) is 15.7. The van der Waals surface area contributed by atoms with Crippen LogP contribution in [0.5, 0.6) is 23.0 Å². The lowest BCUT2D eigenvalue weighted by Gasteiger charge is -2.32. The molecule has 8 rings (SSSR count). The van der Waals surface area contributed by atoms with Crippen molar-refractivity contribution in [2.75, 3.05) is 0 Å². The predicted octanol–water partition coefficient (Wildman–Crippen LogP) is 7.61. The molecule has 56 heavy (non-hydrogen) atoms. The minimum atomic E-state index is -5.22. The molecule has 20 heteroatoms. The smallest absolute Gasteiger partial charge is 0.349 e. The van der Waals surface area contributed by atoms with E-state index in [1.807, 2.05) is 0 Å². The van der Waals surface area contributed by atoms with Crippen LogP contribution in [0.3, 0.4) is 0 Å². The molecule has 292 valence electrons. The Balaban J connectivity index is 0.000000172. The molecule has 4 aromatic rings. The second kappa shape index (κ2) is 12.0. The Morgan fingerprint density at radius 3 is 1.21 bits per heavy atom. The standard InChI is InChI=1S/2C18H9F6NO3/c2*19-8-3-7(6-25)4-9(5-8)28-11-2-1-10-13-12(11)14(26)15(20)16(13,27)18(23,24)17(10,21)22/h2*1-5,14-15,26-27H/t14?,15-,16+;14?,15-,16-/m10/s1. The Bertz CT molecular complexity index is 2270. The van der Waals surface area contributed by atoms with Crippen LogP contribution < -0.4 is 9.47 Å². The van der Waals surface area contributed by atoms with Gasteiger partial charge in [-0.15, -0.1) is 0 Å². The predicted molar refractivity (Wildman–Crippen MR) is 160 cm³/mol. The summed E-state index contributed by atoms with van der Waals surface area (Å²) in [7, 11) is 0. The molecule has 0 saturated heterocycles. The number of alkyl halides is 10. The van der Waals surface area contributed by atoms with Crippen LogP contribution in [-0.4, -0.2) is 44.6 Å². The lowest BCUT2D eigenvalue weighted by Crippen LogP contribution is -2.53. The number of nitriles is 2. The Labute approximate surface area is 304 Å². The number of rotatable bonds is 4. The average Bonchev–Trinajstić information content (AvgIpc) is 3.57. The van der Waals surface area contributed by atoms with E-state index in [2.05, 4.69) is 0 Å². The van der Waals surface area contributed by atoms with Crippen molar-refractivity contribution in [1.82, 2.24) is 0 Å². The van der Waals surface area contributed by atoms with E-state index in [0.29, 0.717) is 12.1 Å². The van der Waals surface area contributed by atoms with Gasteiger partial charge in [-0.25, -0.2) is 17.6 Å². The highest BCUT2D eigenvalue weighted by atomic mass is 19.3. The average molecular weight is 803 g/mol. The van der Waals surface area contributed by atoms with Gasteiger partial charge in [-0.3, -0.25) is 0 Å². The van der Waals surface area contributed by atoms with E-state index >= 15 is 0 Å². The summed E-state index contributed by atoms with van der Waals surface area (Å²) < 4.78 is 180. The maximum atomic E-state index is 14.5. The molecule has 8 nitrogen and oxygen atoms in total. The third kappa shape index (κ3) is 4.70. The summed E-state index contributed by atoms with van der Waals surface area (Å²) >= 11 is 0. The molecule has 0 aromatic heterocycles. The lowest BCUT2D eigenvalue weighted by molar-refractivity contribution is -0.304. The topological polar surface area (TPSA) is 147 Å². The summed E-state index contributed by atoms with van der Waals surface area (Å²) in [4.78, 5) is 0. The molecule has 4 aromatic carbocycles. The molecule has 0 radical (unpaired) electrons. The molecule has 0 heterocycles. The highest BCUT2D eigenvalue weighted by Gasteiger charge is 2.84. The zero-order chi connectivity index (χ0) is 41.3. The second-order valence-corrected chi connectivity index (χ2v) is 13.1. The van der Waals surface area contributed by atoms with Gasteiger partial charge in [0.15, 0.2) is 23.5 Å². The summed E-state index contributed by atoms with van der Waals surface area (Å²) in [6, 6.07) is 11.4.